The summed E-state index contributed by atoms with van der Waals surface area (Å²) in [5.74, 6) is 1.70. The molecule has 17 heavy (non-hydrogen) atoms. The first-order chi connectivity index (χ1) is 7.95. The molecule has 2 aliphatic carbocycles. The summed E-state index contributed by atoms with van der Waals surface area (Å²) in [4.78, 5) is 12.3. The van der Waals surface area contributed by atoms with E-state index in [0.29, 0.717) is 17.8 Å². The van der Waals surface area contributed by atoms with Gasteiger partial charge in [0, 0.05) is 5.92 Å². The van der Waals surface area contributed by atoms with Gasteiger partial charge in [0.15, 0.2) is 0 Å². The first-order valence-electron chi connectivity index (χ1n) is 6.82. The third-order valence-electron chi connectivity index (χ3n) is 6.21. The molecule has 4 rings (SSSR count). The Morgan fingerprint density at radius 3 is 2.76 bits per heavy atom. The van der Waals surface area contributed by atoms with Crippen LogP contribution >= 0.6 is 0 Å². The number of carbonyl (C=O) groups is 1. The van der Waals surface area contributed by atoms with Crippen LogP contribution in [0.4, 0.5) is 0 Å². The molecule has 3 nitrogen and oxygen atoms in total. The van der Waals surface area contributed by atoms with Gasteiger partial charge in [-0.1, -0.05) is 6.42 Å². The highest BCUT2D eigenvalue weighted by atomic mass is 16.6. The number of esters is 1. The summed E-state index contributed by atoms with van der Waals surface area (Å²) in [7, 11) is 0. The van der Waals surface area contributed by atoms with Crippen molar-refractivity contribution in [2.75, 3.05) is 6.61 Å². The van der Waals surface area contributed by atoms with Crippen molar-refractivity contribution < 1.29 is 14.3 Å². The highest BCUT2D eigenvalue weighted by molar-refractivity contribution is 5.85. The molecule has 2 saturated heterocycles. The van der Waals surface area contributed by atoms with Gasteiger partial charge in [-0.25, -0.2) is 0 Å². The number of rotatable bonds is 0. The Morgan fingerprint density at radius 2 is 2.00 bits per heavy atom. The van der Waals surface area contributed by atoms with Crippen LogP contribution in [0.5, 0.6) is 0 Å². The average molecular weight is 236 g/mol. The first-order valence-corrected chi connectivity index (χ1v) is 6.82. The van der Waals surface area contributed by atoms with Crippen LogP contribution in [-0.2, 0) is 14.3 Å². The summed E-state index contributed by atoms with van der Waals surface area (Å²) >= 11 is 0. The third-order valence-corrected chi connectivity index (χ3v) is 6.21. The van der Waals surface area contributed by atoms with E-state index < -0.39 is 5.60 Å². The topological polar surface area (TPSA) is 35.5 Å². The van der Waals surface area contributed by atoms with Crippen molar-refractivity contribution in [2.45, 2.75) is 51.2 Å². The number of hydrogen-bond donors (Lipinski definition) is 0. The van der Waals surface area contributed by atoms with Crippen LogP contribution in [-0.4, -0.2) is 23.8 Å². The molecule has 0 bridgehead atoms. The molecule has 0 N–H and O–H groups in total. The van der Waals surface area contributed by atoms with Crippen molar-refractivity contribution in [1.82, 2.24) is 0 Å². The van der Waals surface area contributed by atoms with Gasteiger partial charge in [0.1, 0.15) is 16.6 Å². The number of ether oxygens (including phenoxy) is 2. The normalized spacial score (nSPS) is 58.1. The van der Waals surface area contributed by atoms with E-state index in [1.807, 2.05) is 13.8 Å². The molecule has 5 atom stereocenters. The minimum Gasteiger partial charge on any atom is -0.456 e. The lowest BCUT2D eigenvalue weighted by atomic mass is 9.38. The fourth-order valence-corrected chi connectivity index (χ4v) is 5.66. The Hall–Kier alpha value is -0.570. The van der Waals surface area contributed by atoms with Crippen molar-refractivity contribution in [3.05, 3.63) is 0 Å². The van der Waals surface area contributed by atoms with E-state index in [2.05, 4.69) is 6.92 Å². The zero-order valence-electron chi connectivity index (χ0n) is 10.8. The fraction of sp³-hybridized carbons (Fsp3) is 0.929. The Labute approximate surface area is 102 Å². The number of hydrogen-bond acceptors (Lipinski definition) is 3. The maximum atomic E-state index is 12.3. The van der Waals surface area contributed by atoms with Gasteiger partial charge in [-0.05, 0) is 45.4 Å². The average Bonchev–Trinajstić information content (AvgIpc) is 2.70. The molecule has 3 heteroatoms. The van der Waals surface area contributed by atoms with Crippen LogP contribution in [0, 0.1) is 23.2 Å². The van der Waals surface area contributed by atoms with Crippen molar-refractivity contribution in [3.8, 4) is 0 Å². The Kier molecular flexibility index (Phi) is 1.56. The van der Waals surface area contributed by atoms with E-state index in [4.69, 9.17) is 9.47 Å². The van der Waals surface area contributed by atoms with Crippen LogP contribution in [0.15, 0.2) is 0 Å². The molecule has 2 heterocycles. The summed E-state index contributed by atoms with van der Waals surface area (Å²) < 4.78 is 11.9. The second-order valence-electron chi connectivity index (χ2n) is 6.97. The molecule has 0 aromatic carbocycles. The number of fused-ring (bicyclic) bond motifs is 1. The predicted octanol–water partition coefficient (Wildman–Crippen LogP) is 2.14. The zero-order chi connectivity index (χ0) is 12.1. The lowest BCUT2D eigenvalue weighted by Crippen LogP contribution is -2.74. The molecule has 0 aromatic rings. The van der Waals surface area contributed by atoms with E-state index in [1.54, 1.807) is 0 Å². The van der Waals surface area contributed by atoms with E-state index in [9.17, 15) is 4.79 Å². The Morgan fingerprint density at radius 1 is 1.24 bits per heavy atom. The SMILES string of the molecule is CC1(C)OC(=O)[C@@]2(C)[C@@H]3CCC[C@@H]4CO[C@]12[C@@H]43. The molecule has 4 fully saturated rings. The smallest absolute Gasteiger partial charge is 0.315 e. The van der Waals surface area contributed by atoms with Gasteiger partial charge >= 0.3 is 5.97 Å². The van der Waals surface area contributed by atoms with Crippen molar-refractivity contribution in [2.24, 2.45) is 23.2 Å². The van der Waals surface area contributed by atoms with Crippen molar-refractivity contribution in [1.29, 1.82) is 0 Å². The van der Waals surface area contributed by atoms with Gasteiger partial charge in [0.2, 0.25) is 0 Å². The molecular formula is C14H20O3. The molecule has 0 unspecified atom stereocenters. The molecule has 0 amide bonds. The van der Waals surface area contributed by atoms with Gasteiger partial charge in [-0.3, -0.25) is 4.79 Å². The van der Waals surface area contributed by atoms with Crippen molar-refractivity contribution in [3.63, 3.8) is 0 Å². The van der Waals surface area contributed by atoms with Gasteiger partial charge in [0.25, 0.3) is 0 Å². The third kappa shape index (κ3) is 0.762. The van der Waals surface area contributed by atoms with Gasteiger partial charge in [-0.2, -0.15) is 0 Å². The fourth-order valence-electron chi connectivity index (χ4n) is 5.66. The minimum atomic E-state index is -0.452. The molecule has 0 aromatic heterocycles. The molecular weight excluding hydrogens is 216 g/mol. The summed E-state index contributed by atoms with van der Waals surface area (Å²) in [6, 6.07) is 0. The number of carbonyl (C=O) groups excluding carboxylic acids is 1. The van der Waals surface area contributed by atoms with Gasteiger partial charge < -0.3 is 9.47 Å². The highest BCUT2D eigenvalue weighted by Crippen LogP contribution is 2.76. The monoisotopic (exact) mass is 236 g/mol. The molecule has 2 aliphatic heterocycles. The standard InChI is InChI=1S/C14H20O3/c1-12(2)14-10-8(7-16-14)5-4-6-9(10)13(14,3)11(15)17-12/h8-10H,4-7H2,1-3H3/t8-,9-,10+,13-,14-/m1/s1. The second kappa shape index (κ2) is 2.56. The molecule has 0 radical (unpaired) electrons. The lowest BCUT2D eigenvalue weighted by Gasteiger charge is -2.63. The van der Waals surface area contributed by atoms with Crippen molar-refractivity contribution >= 4 is 5.97 Å². The Balaban J connectivity index is 1.91. The zero-order valence-corrected chi connectivity index (χ0v) is 10.8. The maximum Gasteiger partial charge on any atom is 0.315 e. The molecule has 2 saturated carbocycles. The summed E-state index contributed by atoms with van der Waals surface area (Å²) in [6.45, 7) is 6.97. The first kappa shape index (κ1) is 10.4. The van der Waals surface area contributed by atoms with Crippen LogP contribution < -0.4 is 0 Å². The minimum absolute atomic E-state index is 0.0219. The quantitative estimate of drug-likeness (QED) is 0.604. The predicted molar refractivity (Wildman–Crippen MR) is 61.3 cm³/mol. The second-order valence-corrected chi connectivity index (χ2v) is 6.97. The molecule has 1 spiro atoms. The van der Waals surface area contributed by atoms with E-state index >= 15 is 0 Å². The van der Waals surface area contributed by atoms with Crippen LogP contribution in [0.1, 0.15) is 40.0 Å². The summed E-state index contributed by atoms with van der Waals surface area (Å²) in [6.07, 6.45) is 3.69. The summed E-state index contributed by atoms with van der Waals surface area (Å²) in [5.41, 5.74) is -1.16. The van der Waals surface area contributed by atoms with Crippen LogP contribution in [0.25, 0.3) is 0 Å². The number of cyclic esters (lactones) is 1. The van der Waals surface area contributed by atoms with E-state index in [0.717, 1.165) is 6.61 Å². The van der Waals surface area contributed by atoms with E-state index in [1.165, 1.54) is 19.3 Å². The van der Waals surface area contributed by atoms with E-state index in [-0.39, 0.29) is 17.0 Å². The molecule has 94 valence electrons. The van der Waals surface area contributed by atoms with Crippen LogP contribution in [0.3, 0.4) is 0 Å². The van der Waals surface area contributed by atoms with Crippen LogP contribution in [0.2, 0.25) is 0 Å². The van der Waals surface area contributed by atoms with Gasteiger partial charge in [-0.15, -0.1) is 0 Å². The Bertz CT molecular complexity index is 416. The maximum absolute atomic E-state index is 12.3. The van der Waals surface area contributed by atoms with Gasteiger partial charge in [0.05, 0.1) is 6.61 Å². The highest BCUT2D eigenvalue weighted by Gasteiger charge is 2.87. The summed E-state index contributed by atoms with van der Waals surface area (Å²) in [5, 5.41) is 0. The lowest BCUT2D eigenvalue weighted by molar-refractivity contribution is -0.252. The molecule has 4 aliphatic rings. The largest absolute Gasteiger partial charge is 0.456 e.